The van der Waals surface area contributed by atoms with E-state index in [1.54, 1.807) is 12.1 Å². The Morgan fingerprint density at radius 3 is 2.29 bits per heavy atom. The van der Waals surface area contributed by atoms with Gasteiger partial charge in [0.1, 0.15) is 0 Å². The molecule has 0 saturated heterocycles. The zero-order valence-electron chi connectivity index (χ0n) is 12.4. The minimum Gasteiger partial charge on any atom is -0.299 e. The Bertz CT molecular complexity index is 581. The molecule has 4 nitrogen and oxygen atoms in total. The summed E-state index contributed by atoms with van der Waals surface area (Å²) in [5.41, 5.74) is 2.56. The first-order valence-corrected chi connectivity index (χ1v) is 7.06. The first-order valence-electron chi connectivity index (χ1n) is 7.06. The maximum Gasteiger partial charge on any atom is 0.269 e. The van der Waals surface area contributed by atoms with Gasteiger partial charge >= 0.3 is 0 Å². The molecular formula is C17H20N2O2. The van der Waals surface area contributed by atoms with E-state index in [0.29, 0.717) is 6.04 Å². The molecule has 0 aromatic heterocycles. The maximum absolute atomic E-state index is 10.6. The van der Waals surface area contributed by atoms with E-state index in [0.717, 1.165) is 18.5 Å². The van der Waals surface area contributed by atoms with Crippen molar-refractivity contribution in [2.75, 3.05) is 13.6 Å². The third-order valence-electron chi connectivity index (χ3n) is 3.84. The number of hydrogen-bond donors (Lipinski definition) is 0. The molecule has 0 bridgehead atoms. The summed E-state index contributed by atoms with van der Waals surface area (Å²) in [7, 11) is 2.10. The van der Waals surface area contributed by atoms with E-state index < -0.39 is 0 Å². The minimum atomic E-state index is -0.368. The first kappa shape index (κ1) is 15.2. The van der Waals surface area contributed by atoms with Gasteiger partial charge in [0.25, 0.3) is 5.69 Å². The molecule has 0 heterocycles. The predicted molar refractivity (Wildman–Crippen MR) is 84.3 cm³/mol. The van der Waals surface area contributed by atoms with Gasteiger partial charge in [-0.2, -0.15) is 0 Å². The summed E-state index contributed by atoms with van der Waals surface area (Å²) in [6.07, 6.45) is 0.881. The van der Waals surface area contributed by atoms with Gasteiger partial charge in [0.05, 0.1) is 4.92 Å². The average Bonchev–Trinajstić information content (AvgIpc) is 2.53. The second-order valence-electron chi connectivity index (χ2n) is 5.24. The largest absolute Gasteiger partial charge is 0.299 e. The van der Waals surface area contributed by atoms with E-state index in [-0.39, 0.29) is 10.6 Å². The van der Waals surface area contributed by atoms with Crippen LogP contribution in [0.5, 0.6) is 0 Å². The van der Waals surface area contributed by atoms with E-state index >= 15 is 0 Å². The molecule has 2 aromatic rings. The third-order valence-corrected chi connectivity index (χ3v) is 3.84. The number of hydrogen-bond acceptors (Lipinski definition) is 3. The Morgan fingerprint density at radius 2 is 1.71 bits per heavy atom. The number of benzene rings is 2. The van der Waals surface area contributed by atoms with Crippen LogP contribution in [-0.4, -0.2) is 23.4 Å². The number of likely N-dealkylation sites (N-methyl/N-ethyl adjacent to an activating group) is 1. The lowest BCUT2D eigenvalue weighted by Crippen LogP contribution is -2.24. The van der Waals surface area contributed by atoms with E-state index in [9.17, 15) is 10.1 Å². The summed E-state index contributed by atoms with van der Waals surface area (Å²) >= 11 is 0. The maximum atomic E-state index is 10.6. The summed E-state index contributed by atoms with van der Waals surface area (Å²) in [6, 6.07) is 17.5. The number of nitro benzene ring substituents is 1. The van der Waals surface area contributed by atoms with Gasteiger partial charge in [-0.15, -0.1) is 0 Å². The van der Waals surface area contributed by atoms with Crippen molar-refractivity contribution in [1.29, 1.82) is 0 Å². The molecule has 2 rings (SSSR count). The van der Waals surface area contributed by atoms with Crippen LogP contribution >= 0.6 is 0 Å². The summed E-state index contributed by atoms with van der Waals surface area (Å²) < 4.78 is 0. The van der Waals surface area contributed by atoms with E-state index in [2.05, 4.69) is 43.1 Å². The molecule has 4 heteroatoms. The van der Waals surface area contributed by atoms with Crippen molar-refractivity contribution in [1.82, 2.24) is 4.90 Å². The van der Waals surface area contributed by atoms with Crippen LogP contribution in [0.15, 0.2) is 54.6 Å². The standard InChI is InChI=1S/C17H20N2O2/c1-14(16-6-4-3-5-7-16)18(2)13-12-15-8-10-17(11-9-15)19(20)21/h3-11,14H,12-13H2,1-2H3. The highest BCUT2D eigenvalue weighted by atomic mass is 16.6. The van der Waals surface area contributed by atoms with Crippen LogP contribution < -0.4 is 0 Å². The lowest BCUT2D eigenvalue weighted by molar-refractivity contribution is -0.384. The zero-order valence-corrected chi connectivity index (χ0v) is 12.4. The molecule has 1 atom stereocenters. The van der Waals surface area contributed by atoms with Gasteiger partial charge < -0.3 is 0 Å². The lowest BCUT2D eigenvalue weighted by Gasteiger charge is -2.25. The van der Waals surface area contributed by atoms with Gasteiger partial charge in [0.2, 0.25) is 0 Å². The molecule has 0 N–H and O–H groups in total. The minimum absolute atomic E-state index is 0.143. The highest BCUT2D eigenvalue weighted by Crippen LogP contribution is 2.19. The fourth-order valence-electron chi connectivity index (χ4n) is 2.27. The molecule has 0 fully saturated rings. The van der Waals surface area contributed by atoms with Crippen molar-refractivity contribution in [2.24, 2.45) is 0 Å². The van der Waals surface area contributed by atoms with Gasteiger partial charge in [0.15, 0.2) is 0 Å². The normalized spacial score (nSPS) is 12.3. The first-order chi connectivity index (χ1) is 10.1. The van der Waals surface area contributed by atoms with Gasteiger partial charge in [-0.25, -0.2) is 0 Å². The van der Waals surface area contributed by atoms with Crippen LogP contribution in [0.1, 0.15) is 24.1 Å². The smallest absolute Gasteiger partial charge is 0.269 e. The molecule has 0 aliphatic rings. The third kappa shape index (κ3) is 4.13. The predicted octanol–water partition coefficient (Wildman–Crippen LogP) is 3.83. The van der Waals surface area contributed by atoms with Crippen LogP contribution in [0.3, 0.4) is 0 Å². The Hall–Kier alpha value is -2.20. The zero-order chi connectivity index (χ0) is 15.2. The summed E-state index contributed by atoms with van der Waals surface area (Å²) in [5.74, 6) is 0. The molecule has 0 spiro atoms. The van der Waals surface area contributed by atoms with Crippen molar-refractivity contribution in [3.05, 3.63) is 75.8 Å². The highest BCUT2D eigenvalue weighted by molar-refractivity contribution is 5.33. The summed E-state index contributed by atoms with van der Waals surface area (Å²) in [6.45, 7) is 3.10. The SMILES string of the molecule is CC(c1ccccc1)N(C)CCc1ccc([N+](=O)[O-])cc1. The molecule has 0 aliphatic carbocycles. The highest BCUT2D eigenvalue weighted by Gasteiger charge is 2.11. The van der Waals surface area contributed by atoms with Crippen LogP contribution in [-0.2, 0) is 6.42 Å². The van der Waals surface area contributed by atoms with Gasteiger partial charge in [-0.1, -0.05) is 42.5 Å². The number of non-ortho nitro benzene ring substituents is 1. The van der Waals surface area contributed by atoms with Crippen molar-refractivity contribution in [2.45, 2.75) is 19.4 Å². The number of nitrogens with zero attached hydrogens (tertiary/aromatic N) is 2. The molecule has 0 saturated carbocycles. The number of nitro groups is 1. The second-order valence-corrected chi connectivity index (χ2v) is 5.24. The Kier molecular flexibility index (Phi) is 5.06. The molecular weight excluding hydrogens is 264 g/mol. The van der Waals surface area contributed by atoms with E-state index in [1.165, 1.54) is 5.56 Å². The van der Waals surface area contributed by atoms with Crippen molar-refractivity contribution in [3.63, 3.8) is 0 Å². The fourth-order valence-corrected chi connectivity index (χ4v) is 2.27. The fraction of sp³-hybridized carbons (Fsp3) is 0.294. The Balaban J connectivity index is 1.91. The number of rotatable bonds is 6. The monoisotopic (exact) mass is 284 g/mol. The van der Waals surface area contributed by atoms with Crippen LogP contribution in [0, 0.1) is 10.1 Å². The van der Waals surface area contributed by atoms with Gasteiger partial charge in [-0.3, -0.25) is 15.0 Å². The van der Waals surface area contributed by atoms with Crippen molar-refractivity contribution in [3.8, 4) is 0 Å². The quantitative estimate of drug-likeness (QED) is 0.598. The van der Waals surface area contributed by atoms with Crippen LogP contribution in [0.2, 0.25) is 0 Å². The summed E-state index contributed by atoms with van der Waals surface area (Å²) in [4.78, 5) is 12.5. The molecule has 110 valence electrons. The van der Waals surface area contributed by atoms with Crippen molar-refractivity contribution >= 4 is 5.69 Å². The molecule has 0 radical (unpaired) electrons. The molecule has 1 unspecified atom stereocenters. The van der Waals surface area contributed by atoms with Crippen molar-refractivity contribution < 1.29 is 4.92 Å². The molecule has 2 aromatic carbocycles. The van der Waals surface area contributed by atoms with E-state index in [4.69, 9.17) is 0 Å². The van der Waals surface area contributed by atoms with Gasteiger partial charge in [0, 0.05) is 24.7 Å². The molecule has 0 amide bonds. The average molecular weight is 284 g/mol. The molecule has 21 heavy (non-hydrogen) atoms. The lowest BCUT2D eigenvalue weighted by atomic mass is 10.1. The van der Waals surface area contributed by atoms with Gasteiger partial charge in [-0.05, 0) is 31.5 Å². The summed E-state index contributed by atoms with van der Waals surface area (Å²) in [5, 5.41) is 10.6. The topological polar surface area (TPSA) is 46.4 Å². The molecule has 0 aliphatic heterocycles. The second kappa shape index (κ2) is 6.99. The Labute approximate surface area is 125 Å². The van der Waals surface area contributed by atoms with Crippen LogP contribution in [0.4, 0.5) is 5.69 Å². The van der Waals surface area contributed by atoms with Crippen LogP contribution in [0.25, 0.3) is 0 Å². The van der Waals surface area contributed by atoms with E-state index in [1.807, 2.05) is 18.2 Å². The Morgan fingerprint density at radius 1 is 1.10 bits per heavy atom.